The van der Waals surface area contributed by atoms with Gasteiger partial charge in [0, 0.05) is 17.0 Å². The first-order valence-corrected chi connectivity index (χ1v) is 8.29. The molecule has 0 saturated heterocycles. The van der Waals surface area contributed by atoms with Gasteiger partial charge in [0.1, 0.15) is 5.82 Å². The highest BCUT2D eigenvalue weighted by Crippen LogP contribution is 2.26. The van der Waals surface area contributed by atoms with Crippen molar-refractivity contribution < 1.29 is 8.81 Å². The van der Waals surface area contributed by atoms with Crippen molar-refractivity contribution in [2.24, 2.45) is 0 Å². The third kappa shape index (κ3) is 3.26. The predicted octanol–water partition coefficient (Wildman–Crippen LogP) is 4.65. The number of oxazole rings is 1. The zero-order valence-electron chi connectivity index (χ0n) is 14.5. The predicted molar refractivity (Wildman–Crippen MR) is 98.2 cm³/mol. The zero-order chi connectivity index (χ0) is 18.1. The van der Waals surface area contributed by atoms with Crippen molar-refractivity contribution in [2.45, 2.75) is 20.4 Å². The molecule has 0 unspecified atom stereocenters. The molecule has 26 heavy (non-hydrogen) atoms. The highest BCUT2D eigenvalue weighted by atomic mass is 19.1. The molecule has 4 rings (SSSR count). The Labute approximate surface area is 149 Å². The minimum absolute atomic E-state index is 0.351. The van der Waals surface area contributed by atoms with Gasteiger partial charge < -0.3 is 9.73 Å². The lowest BCUT2D eigenvalue weighted by Gasteiger charge is -2.08. The topological polar surface area (TPSA) is 63.8 Å². The number of aromatic nitrogens is 3. The van der Waals surface area contributed by atoms with Gasteiger partial charge in [-0.05, 0) is 56.3 Å². The maximum absolute atomic E-state index is 14.5. The number of aryl methyl sites for hydroxylation is 2. The second kappa shape index (κ2) is 6.55. The molecule has 0 amide bonds. The molecular weight excluding hydrogens is 331 g/mol. The summed E-state index contributed by atoms with van der Waals surface area (Å²) in [5.41, 5.74) is 4.72. The number of rotatable bonds is 4. The Balaban J connectivity index is 1.56. The van der Waals surface area contributed by atoms with Crippen molar-refractivity contribution in [2.75, 3.05) is 5.32 Å². The quantitative estimate of drug-likeness (QED) is 0.581. The van der Waals surface area contributed by atoms with Crippen molar-refractivity contribution in [3.8, 4) is 11.5 Å². The summed E-state index contributed by atoms with van der Waals surface area (Å²) in [5, 5.41) is 3.07. The SMILES string of the molecule is Cc1cccc(CNc2ccc(-c3nc4nc(C)ccc4o3)cc2F)n1. The van der Waals surface area contributed by atoms with E-state index in [1.165, 1.54) is 6.07 Å². The molecule has 1 aromatic carbocycles. The molecule has 3 aromatic heterocycles. The first-order valence-electron chi connectivity index (χ1n) is 8.29. The molecule has 0 aliphatic heterocycles. The number of nitrogens with zero attached hydrogens (tertiary/aromatic N) is 3. The molecule has 0 saturated carbocycles. The minimum Gasteiger partial charge on any atom is -0.434 e. The van der Waals surface area contributed by atoms with Crippen LogP contribution in [0.3, 0.4) is 0 Å². The lowest BCUT2D eigenvalue weighted by Crippen LogP contribution is -2.03. The van der Waals surface area contributed by atoms with Gasteiger partial charge in [-0.1, -0.05) is 6.07 Å². The average Bonchev–Trinajstić information content (AvgIpc) is 3.04. The molecule has 0 spiro atoms. The van der Waals surface area contributed by atoms with Gasteiger partial charge >= 0.3 is 0 Å². The van der Waals surface area contributed by atoms with Crippen LogP contribution in [-0.4, -0.2) is 15.0 Å². The Morgan fingerprint density at radius 3 is 2.62 bits per heavy atom. The van der Waals surface area contributed by atoms with E-state index in [4.69, 9.17) is 4.42 Å². The minimum atomic E-state index is -0.374. The molecule has 0 aliphatic carbocycles. The Kier molecular flexibility index (Phi) is 4.08. The fourth-order valence-corrected chi connectivity index (χ4v) is 2.71. The molecule has 5 nitrogen and oxygen atoms in total. The van der Waals surface area contributed by atoms with E-state index >= 15 is 0 Å². The maximum atomic E-state index is 14.5. The summed E-state index contributed by atoms with van der Waals surface area (Å²) >= 11 is 0. The molecule has 6 heteroatoms. The van der Waals surface area contributed by atoms with Crippen molar-refractivity contribution in [1.82, 2.24) is 15.0 Å². The summed E-state index contributed by atoms with van der Waals surface area (Å²) < 4.78 is 20.1. The molecule has 0 atom stereocenters. The third-order valence-electron chi connectivity index (χ3n) is 4.01. The fourth-order valence-electron chi connectivity index (χ4n) is 2.71. The highest BCUT2D eigenvalue weighted by molar-refractivity contribution is 5.73. The smallest absolute Gasteiger partial charge is 0.228 e. The summed E-state index contributed by atoms with van der Waals surface area (Å²) in [5.74, 6) is -0.0227. The largest absolute Gasteiger partial charge is 0.434 e. The summed E-state index contributed by atoms with van der Waals surface area (Å²) in [6, 6.07) is 14.3. The summed E-state index contributed by atoms with van der Waals surface area (Å²) in [4.78, 5) is 13.1. The molecule has 4 aromatic rings. The number of anilines is 1. The van der Waals surface area contributed by atoms with E-state index in [1.807, 2.05) is 44.2 Å². The van der Waals surface area contributed by atoms with E-state index in [2.05, 4.69) is 20.3 Å². The fraction of sp³-hybridized carbons (Fsp3) is 0.150. The Hall–Kier alpha value is -3.28. The van der Waals surface area contributed by atoms with Crippen LogP contribution in [0, 0.1) is 19.7 Å². The van der Waals surface area contributed by atoms with Crippen LogP contribution < -0.4 is 5.32 Å². The van der Waals surface area contributed by atoms with Crippen LogP contribution in [0.25, 0.3) is 22.7 Å². The summed E-state index contributed by atoms with van der Waals surface area (Å²) in [7, 11) is 0. The van der Waals surface area contributed by atoms with E-state index in [9.17, 15) is 4.39 Å². The van der Waals surface area contributed by atoms with E-state index in [-0.39, 0.29) is 5.82 Å². The molecule has 0 fully saturated rings. The molecular formula is C20H17FN4O. The number of halogens is 1. The third-order valence-corrected chi connectivity index (χ3v) is 4.01. The van der Waals surface area contributed by atoms with Crippen LogP contribution in [0.5, 0.6) is 0 Å². The van der Waals surface area contributed by atoms with Crippen molar-refractivity contribution in [3.05, 3.63) is 71.4 Å². The van der Waals surface area contributed by atoms with Gasteiger partial charge in [-0.2, -0.15) is 4.98 Å². The monoisotopic (exact) mass is 348 g/mol. The van der Waals surface area contributed by atoms with Crippen molar-refractivity contribution in [3.63, 3.8) is 0 Å². The second-order valence-electron chi connectivity index (χ2n) is 6.11. The van der Waals surface area contributed by atoms with E-state index < -0.39 is 0 Å². The maximum Gasteiger partial charge on any atom is 0.228 e. The Bertz CT molecular complexity index is 1090. The molecule has 1 N–H and O–H groups in total. The number of benzene rings is 1. The normalized spacial score (nSPS) is 11.0. The number of pyridine rings is 2. The van der Waals surface area contributed by atoms with E-state index in [1.54, 1.807) is 12.1 Å². The number of hydrogen-bond donors (Lipinski definition) is 1. The number of hydrogen-bond acceptors (Lipinski definition) is 5. The van der Waals surface area contributed by atoms with Crippen LogP contribution in [0.4, 0.5) is 10.1 Å². The van der Waals surface area contributed by atoms with Gasteiger partial charge in [-0.15, -0.1) is 0 Å². The number of nitrogens with one attached hydrogen (secondary N) is 1. The number of fused-ring (bicyclic) bond motifs is 1. The molecule has 0 aliphatic rings. The van der Waals surface area contributed by atoms with E-state index in [0.29, 0.717) is 34.9 Å². The Morgan fingerprint density at radius 2 is 1.81 bits per heavy atom. The Morgan fingerprint density at radius 1 is 0.962 bits per heavy atom. The standard InChI is InChI=1S/C20H17FN4O/c1-12-4-3-5-15(23-12)11-22-17-8-7-14(10-16(17)21)20-25-19-18(26-20)9-6-13(2)24-19/h3-10,22H,11H2,1-2H3. The zero-order valence-corrected chi connectivity index (χ0v) is 14.5. The van der Waals surface area contributed by atoms with Crippen molar-refractivity contribution >= 4 is 16.9 Å². The first kappa shape index (κ1) is 16.2. The summed E-state index contributed by atoms with van der Waals surface area (Å²) in [6.45, 7) is 4.26. The van der Waals surface area contributed by atoms with Crippen LogP contribution in [0.1, 0.15) is 17.1 Å². The van der Waals surface area contributed by atoms with Gasteiger partial charge in [0.05, 0.1) is 17.9 Å². The van der Waals surface area contributed by atoms with E-state index in [0.717, 1.165) is 17.1 Å². The second-order valence-corrected chi connectivity index (χ2v) is 6.11. The molecule has 0 radical (unpaired) electrons. The van der Waals surface area contributed by atoms with Crippen LogP contribution in [0.2, 0.25) is 0 Å². The molecule has 0 bridgehead atoms. The lowest BCUT2D eigenvalue weighted by molar-refractivity contribution is 0.612. The van der Waals surface area contributed by atoms with Gasteiger partial charge in [0.25, 0.3) is 0 Å². The first-order chi connectivity index (χ1) is 12.6. The molecule has 130 valence electrons. The van der Waals surface area contributed by atoms with Crippen LogP contribution in [0.15, 0.2) is 52.9 Å². The van der Waals surface area contributed by atoms with Gasteiger partial charge in [-0.25, -0.2) is 9.37 Å². The average molecular weight is 348 g/mol. The van der Waals surface area contributed by atoms with Crippen LogP contribution >= 0.6 is 0 Å². The van der Waals surface area contributed by atoms with Gasteiger partial charge in [-0.3, -0.25) is 4.98 Å². The lowest BCUT2D eigenvalue weighted by atomic mass is 10.2. The van der Waals surface area contributed by atoms with Crippen LogP contribution in [-0.2, 0) is 6.54 Å². The summed E-state index contributed by atoms with van der Waals surface area (Å²) in [6.07, 6.45) is 0. The highest BCUT2D eigenvalue weighted by Gasteiger charge is 2.12. The molecule has 3 heterocycles. The van der Waals surface area contributed by atoms with Crippen molar-refractivity contribution in [1.29, 1.82) is 0 Å². The van der Waals surface area contributed by atoms with Gasteiger partial charge in [0.15, 0.2) is 11.2 Å². The van der Waals surface area contributed by atoms with Gasteiger partial charge in [0.2, 0.25) is 5.89 Å².